The monoisotopic (exact) mass is 590 g/mol. The summed E-state index contributed by atoms with van der Waals surface area (Å²) in [7, 11) is 1.58. The number of thioether (sulfide) groups is 1. The molecule has 3 heterocycles. The van der Waals surface area contributed by atoms with Crippen LogP contribution in [-0.2, 0) is 19.1 Å². The van der Waals surface area contributed by atoms with E-state index < -0.39 is 34.6 Å². The molecule has 2 bridgehead atoms. The fourth-order valence-electron chi connectivity index (χ4n) is 7.07. The summed E-state index contributed by atoms with van der Waals surface area (Å²) >= 11 is 1.58. The maximum Gasteiger partial charge on any atom is 0.310 e. The first-order valence-corrected chi connectivity index (χ1v) is 15.2. The van der Waals surface area contributed by atoms with Crippen LogP contribution >= 0.6 is 11.8 Å². The van der Waals surface area contributed by atoms with Gasteiger partial charge in [-0.05, 0) is 48.6 Å². The van der Waals surface area contributed by atoms with Crippen LogP contribution in [0.3, 0.4) is 0 Å². The number of carbonyl (C=O) groups is 3. The van der Waals surface area contributed by atoms with E-state index in [0.717, 1.165) is 5.56 Å². The molecule has 5 rings (SSSR count). The van der Waals surface area contributed by atoms with Crippen LogP contribution in [0.15, 0.2) is 79.9 Å². The van der Waals surface area contributed by atoms with Crippen molar-refractivity contribution in [2.24, 2.45) is 17.8 Å². The second kappa shape index (κ2) is 12.4. The molecule has 42 heavy (non-hydrogen) atoms. The van der Waals surface area contributed by atoms with Crippen molar-refractivity contribution in [2.75, 3.05) is 31.8 Å². The average Bonchev–Trinajstić information content (AvgIpc) is 3.60. The standard InChI is InChI=1S/C33H38N2O6S/c1-5-7-18-41-32(39)27-26-19-21(3)33(42-26)28(27)30(37)35(25(20-36)22-11-9-8-10-12-22)29(33)31(38)34(17-6-2)23-13-15-24(40-4)16-14-23/h5-6,8-16,21,25-29,36H,1-2,7,17-20H2,3-4H3/t21?,25-,26+,27-,28+,29?,33?/m1/s1. The number of amides is 2. The van der Waals surface area contributed by atoms with Gasteiger partial charge in [0.05, 0.1) is 42.9 Å². The number of carbonyl (C=O) groups excluding carboxylic acids is 3. The van der Waals surface area contributed by atoms with Gasteiger partial charge in [-0.3, -0.25) is 14.4 Å². The van der Waals surface area contributed by atoms with E-state index in [1.165, 1.54) is 0 Å². The lowest BCUT2D eigenvalue weighted by atomic mass is 9.66. The molecule has 2 amide bonds. The smallest absolute Gasteiger partial charge is 0.310 e. The van der Waals surface area contributed by atoms with Crippen molar-refractivity contribution in [1.29, 1.82) is 0 Å². The van der Waals surface area contributed by atoms with Crippen molar-refractivity contribution < 1.29 is 29.0 Å². The summed E-state index contributed by atoms with van der Waals surface area (Å²) in [5.41, 5.74) is 1.36. The number of anilines is 1. The van der Waals surface area contributed by atoms with Crippen LogP contribution in [0.5, 0.6) is 5.75 Å². The van der Waals surface area contributed by atoms with Crippen LogP contribution in [0, 0.1) is 17.8 Å². The molecule has 1 N–H and O–H groups in total. The SMILES string of the molecule is C=CCCOC(=O)[C@@H]1[C@@H]2CC(C)C3(S2)C(C(=O)N(CC=C)c2ccc(OC)cc2)N([C@H](CO)c2ccccc2)C(=O)[C@H]13. The molecule has 0 aromatic heterocycles. The Morgan fingerprint density at radius 2 is 1.88 bits per heavy atom. The van der Waals surface area contributed by atoms with Crippen LogP contribution in [0.25, 0.3) is 0 Å². The number of aliphatic hydroxyl groups excluding tert-OH is 1. The molecule has 2 aromatic rings. The number of aliphatic hydroxyl groups is 1. The zero-order valence-electron chi connectivity index (χ0n) is 24.1. The van der Waals surface area contributed by atoms with Crippen LogP contribution in [0.4, 0.5) is 5.69 Å². The fourth-order valence-corrected chi connectivity index (χ4v) is 9.46. The van der Waals surface area contributed by atoms with Gasteiger partial charge in [0.1, 0.15) is 11.8 Å². The van der Waals surface area contributed by atoms with Gasteiger partial charge in [0, 0.05) is 17.5 Å². The fraction of sp³-hybridized carbons (Fsp3) is 0.424. The van der Waals surface area contributed by atoms with E-state index >= 15 is 0 Å². The molecule has 2 aromatic carbocycles. The summed E-state index contributed by atoms with van der Waals surface area (Å²) in [6, 6.07) is 14.7. The minimum absolute atomic E-state index is 0.0332. The van der Waals surface area contributed by atoms with Gasteiger partial charge in [-0.25, -0.2) is 0 Å². The van der Waals surface area contributed by atoms with E-state index in [9.17, 15) is 19.5 Å². The number of esters is 1. The topological polar surface area (TPSA) is 96.4 Å². The van der Waals surface area contributed by atoms with Gasteiger partial charge in [-0.1, -0.05) is 49.4 Å². The number of hydrogen-bond acceptors (Lipinski definition) is 7. The molecule has 0 radical (unpaired) electrons. The molecule has 222 valence electrons. The molecule has 3 aliphatic rings. The first-order chi connectivity index (χ1) is 20.3. The maximum absolute atomic E-state index is 14.9. The Bertz CT molecular complexity index is 1330. The predicted octanol–water partition coefficient (Wildman–Crippen LogP) is 4.40. The average molecular weight is 591 g/mol. The van der Waals surface area contributed by atoms with Gasteiger partial charge in [0.15, 0.2) is 0 Å². The number of hydrogen-bond donors (Lipinski definition) is 1. The van der Waals surface area contributed by atoms with E-state index in [-0.39, 0.29) is 42.7 Å². The van der Waals surface area contributed by atoms with Crippen molar-refractivity contribution in [1.82, 2.24) is 4.90 Å². The number of fused-ring (bicyclic) bond motifs is 1. The second-order valence-electron chi connectivity index (χ2n) is 11.1. The van der Waals surface area contributed by atoms with Gasteiger partial charge in [0.2, 0.25) is 5.91 Å². The summed E-state index contributed by atoms with van der Waals surface area (Å²) in [4.78, 5) is 46.2. The third-order valence-electron chi connectivity index (χ3n) is 8.91. The van der Waals surface area contributed by atoms with E-state index in [4.69, 9.17) is 9.47 Å². The highest BCUT2D eigenvalue weighted by Gasteiger charge is 2.77. The number of ether oxygens (including phenoxy) is 2. The molecule has 0 aliphatic carbocycles. The highest BCUT2D eigenvalue weighted by atomic mass is 32.2. The van der Waals surface area contributed by atoms with E-state index in [2.05, 4.69) is 20.1 Å². The molecule has 0 saturated carbocycles. The second-order valence-corrected chi connectivity index (χ2v) is 12.6. The molecule has 3 aliphatic heterocycles. The van der Waals surface area contributed by atoms with Crippen LogP contribution in [-0.4, -0.2) is 70.7 Å². The molecule has 8 nitrogen and oxygen atoms in total. The number of likely N-dealkylation sites (tertiary alicyclic amines) is 1. The lowest BCUT2D eigenvalue weighted by molar-refractivity contribution is -0.154. The van der Waals surface area contributed by atoms with Crippen molar-refractivity contribution >= 4 is 35.2 Å². The van der Waals surface area contributed by atoms with Crippen LogP contribution < -0.4 is 9.64 Å². The van der Waals surface area contributed by atoms with Crippen molar-refractivity contribution in [3.05, 3.63) is 85.5 Å². The van der Waals surface area contributed by atoms with Gasteiger partial charge in [-0.15, -0.1) is 24.9 Å². The lowest BCUT2D eigenvalue weighted by Gasteiger charge is -2.42. The lowest BCUT2D eigenvalue weighted by Crippen LogP contribution is -2.58. The maximum atomic E-state index is 14.9. The summed E-state index contributed by atoms with van der Waals surface area (Å²) < 4.78 is 10.1. The van der Waals surface area contributed by atoms with Crippen LogP contribution in [0.2, 0.25) is 0 Å². The molecule has 3 unspecified atom stereocenters. The Hall–Kier alpha value is -3.56. The summed E-state index contributed by atoms with van der Waals surface area (Å²) in [5, 5.41) is 10.6. The van der Waals surface area contributed by atoms with Gasteiger partial charge < -0.3 is 24.4 Å². The van der Waals surface area contributed by atoms with E-state index in [0.29, 0.717) is 24.3 Å². The molecular formula is C33H38N2O6S. The number of nitrogens with zero attached hydrogens (tertiary/aromatic N) is 2. The Labute approximate surface area is 251 Å². The zero-order chi connectivity index (χ0) is 30.0. The van der Waals surface area contributed by atoms with Gasteiger partial charge >= 0.3 is 5.97 Å². The third kappa shape index (κ3) is 4.82. The largest absolute Gasteiger partial charge is 0.497 e. The predicted molar refractivity (Wildman–Crippen MR) is 163 cm³/mol. The first kappa shape index (κ1) is 29.9. The Morgan fingerprint density at radius 1 is 1.17 bits per heavy atom. The van der Waals surface area contributed by atoms with Gasteiger partial charge in [-0.2, -0.15) is 0 Å². The third-order valence-corrected chi connectivity index (χ3v) is 11.0. The molecule has 9 heteroatoms. The van der Waals surface area contributed by atoms with E-state index in [1.54, 1.807) is 65.1 Å². The highest BCUT2D eigenvalue weighted by Crippen LogP contribution is 2.69. The number of methoxy groups -OCH3 is 1. The van der Waals surface area contributed by atoms with Crippen molar-refractivity contribution in [2.45, 2.75) is 41.8 Å². The summed E-state index contributed by atoms with van der Waals surface area (Å²) in [6.07, 6.45) is 4.54. The molecule has 7 atom stereocenters. The highest BCUT2D eigenvalue weighted by molar-refractivity contribution is 8.02. The summed E-state index contributed by atoms with van der Waals surface area (Å²) in [6.45, 7) is 9.69. The Kier molecular flexibility index (Phi) is 8.80. The number of rotatable bonds is 12. The molecule has 3 fully saturated rings. The zero-order valence-corrected chi connectivity index (χ0v) is 24.9. The Balaban J connectivity index is 1.63. The summed E-state index contributed by atoms with van der Waals surface area (Å²) in [5.74, 6) is -1.78. The quantitative estimate of drug-likeness (QED) is 0.222. The molecule has 1 spiro atoms. The number of benzene rings is 2. The molecule has 3 saturated heterocycles. The minimum atomic E-state index is -0.926. The minimum Gasteiger partial charge on any atom is -0.497 e. The van der Waals surface area contributed by atoms with Crippen molar-refractivity contribution in [3.8, 4) is 5.75 Å². The van der Waals surface area contributed by atoms with Crippen molar-refractivity contribution in [3.63, 3.8) is 0 Å². The normalized spacial score (nSPS) is 28.2. The van der Waals surface area contributed by atoms with Gasteiger partial charge in [0.25, 0.3) is 5.91 Å². The van der Waals surface area contributed by atoms with E-state index in [1.807, 2.05) is 30.3 Å². The Morgan fingerprint density at radius 3 is 2.50 bits per heavy atom. The first-order valence-electron chi connectivity index (χ1n) is 14.3. The van der Waals surface area contributed by atoms with Crippen LogP contribution in [0.1, 0.15) is 31.4 Å². The molecular weight excluding hydrogens is 552 g/mol.